The van der Waals surface area contributed by atoms with Gasteiger partial charge in [-0.1, -0.05) is 11.8 Å². The van der Waals surface area contributed by atoms with E-state index in [-0.39, 0.29) is 24.4 Å². The van der Waals surface area contributed by atoms with Crippen molar-refractivity contribution in [1.82, 2.24) is 5.32 Å². The van der Waals surface area contributed by atoms with Crippen LogP contribution in [0.5, 0.6) is 0 Å². The van der Waals surface area contributed by atoms with Crippen molar-refractivity contribution in [3.8, 4) is 0 Å². The zero-order chi connectivity index (χ0) is 19.8. The normalized spacial score (nSPS) is 28.1. The summed E-state index contributed by atoms with van der Waals surface area (Å²) in [6, 6.07) is 4.50. The third-order valence-electron chi connectivity index (χ3n) is 4.67. The van der Waals surface area contributed by atoms with Gasteiger partial charge in [0.2, 0.25) is 0 Å². The van der Waals surface area contributed by atoms with E-state index in [4.69, 9.17) is 20.2 Å². The van der Waals surface area contributed by atoms with Crippen LogP contribution in [-0.2, 0) is 15.0 Å². The van der Waals surface area contributed by atoms with Gasteiger partial charge in [-0.2, -0.15) is 0 Å². The van der Waals surface area contributed by atoms with Gasteiger partial charge < -0.3 is 15.2 Å². The van der Waals surface area contributed by atoms with Crippen molar-refractivity contribution < 1.29 is 18.7 Å². The van der Waals surface area contributed by atoms with Gasteiger partial charge in [0, 0.05) is 22.9 Å². The molecule has 2 aliphatic rings. The average Bonchev–Trinajstić information content (AvgIpc) is 2.55. The maximum absolute atomic E-state index is 14.7. The Kier molecular flexibility index (Phi) is 5.40. The molecule has 3 rings (SSSR count). The molecular weight excluding hydrogens is 369 g/mol. The number of nitrogens with zero attached hydrogens (tertiary/aromatic N) is 1. The van der Waals surface area contributed by atoms with Crippen molar-refractivity contribution in [2.45, 2.75) is 51.4 Å². The van der Waals surface area contributed by atoms with Gasteiger partial charge in [-0.15, -0.1) is 0 Å². The first-order chi connectivity index (χ1) is 12.6. The van der Waals surface area contributed by atoms with Crippen LogP contribution in [0.2, 0.25) is 0 Å². The highest BCUT2D eigenvalue weighted by Crippen LogP contribution is 2.47. The van der Waals surface area contributed by atoms with Crippen LogP contribution in [0.4, 0.5) is 14.9 Å². The number of amides is 1. The van der Waals surface area contributed by atoms with Crippen LogP contribution >= 0.6 is 11.8 Å². The standard InChI is InChI=1S/C19H26FN3O3S/c1-11-7-12-9-27-16(22-17(24)26-18(2,3)4)23-19(12,10-25-11)14-8-13(21)5-6-15(14)20/h5-6,8,11-12H,7,9-10,21H2,1-4H3,(H,22,23,24)/t11-,12-,19-/m0/s1. The van der Waals surface area contributed by atoms with Gasteiger partial charge in [-0.05, 0) is 52.3 Å². The quantitative estimate of drug-likeness (QED) is 0.709. The molecule has 2 heterocycles. The number of thioether (sulfide) groups is 1. The molecule has 0 unspecified atom stereocenters. The van der Waals surface area contributed by atoms with E-state index in [1.54, 1.807) is 26.8 Å². The van der Waals surface area contributed by atoms with E-state index in [1.165, 1.54) is 23.9 Å². The van der Waals surface area contributed by atoms with Crippen LogP contribution < -0.4 is 11.1 Å². The molecule has 3 N–H and O–H groups in total. The summed E-state index contributed by atoms with van der Waals surface area (Å²) in [5, 5.41) is 3.09. The molecule has 8 heteroatoms. The molecule has 148 valence electrons. The molecule has 2 aliphatic heterocycles. The van der Waals surface area contributed by atoms with E-state index >= 15 is 0 Å². The highest BCUT2D eigenvalue weighted by atomic mass is 32.2. The van der Waals surface area contributed by atoms with Gasteiger partial charge in [0.25, 0.3) is 0 Å². The first kappa shape index (κ1) is 19.9. The highest BCUT2D eigenvalue weighted by molar-refractivity contribution is 8.13. The molecule has 1 amide bonds. The molecule has 1 saturated heterocycles. The summed E-state index contributed by atoms with van der Waals surface area (Å²) in [6.45, 7) is 7.61. The minimum atomic E-state index is -0.915. The Balaban J connectivity index is 1.97. The minimum Gasteiger partial charge on any atom is -0.444 e. The Hall–Kier alpha value is -1.80. The number of halogens is 1. The number of hydrogen-bond acceptors (Lipinski definition) is 6. The first-order valence-corrected chi connectivity index (χ1v) is 9.97. The van der Waals surface area contributed by atoms with E-state index < -0.39 is 17.2 Å². The summed E-state index contributed by atoms with van der Waals surface area (Å²) >= 11 is 1.44. The summed E-state index contributed by atoms with van der Waals surface area (Å²) in [7, 11) is 0. The number of carbonyl (C=O) groups excluding carboxylic acids is 1. The van der Waals surface area contributed by atoms with Crippen LogP contribution in [0.15, 0.2) is 23.2 Å². The third-order valence-corrected chi connectivity index (χ3v) is 5.70. The molecule has 0 aromatic heterocycles. The molecule has 1 aromatic rings. The Bertz CT molecular complexity index is 765. The summed E-state index contributed by atoms with van der Waals surface area (Å²) < 4.78 is 25.9. The molecule has 0 saturated carbocycles. The van der Waals surface area contributed by atoms with Gasteiger partial charge in [-0.25, -0.2) is 14.2 Å². The monoisotopic (exact) mass is 395 g/mol. The lowest BCUT2D eigenvalue weighted by molar-refractivity contribution is -0.0477. The van der Waals surface area contributed by atoms with Crippen LogP contribution in [0, 0.1) is 11.7 Å². The van der Waals surface area contributed by atoms with Crippen molar-refractivity contribution in [3.05, 3.63) is 29.6 Å². The van der Waals surface area contributed by atoms with Crippen molar-refractivity contribution in [2.75, 3.05) is 18.1 Å². The Labute approximate surface area is 163 Å². The predicted octanol–water partition coefficient (Wildman–Crippen LogP) is 3.66. The molecule has 0 aliphatic carbocycles. The lowest BCUT2D eigenvalue weighted by Crippen LogP contribution is -2.51. The van der Waals surface area contributed by atoms with Gasteiger partial charge in [-0.3, -0.25) is 5.32 Å². The number of fused-ring (bicyclic) bond motifs is 1. The van der Waals surface area contributed by atoms with Crippen molar-refractivity contribution in [2.24, 2.45) is 10.9 Å². The fraction of sp³-hybridized carbons (Fsp3) is 0.579. The second-order valence-corrected chi connectivity index (χ2v) is 9.08. The highest BCUT2D eigenvalue weighted by Gasteiger charge is 2.49. The Morgan fingerprint density at radius 1 is 1.48 bits per heavy atom. The third kappa shape index (κ3) is 4.38. The number of anilines is 1. The van der Waals surface area contributed by atoms with Crippen LogP contribution in [0.25, 0.3) is 0 Å². The zero-order valence-electron chi connectivity index (χ0n) is 16.0. The number of alkyl carbamates (subject to hydrolysis) is 1. The molecule has 27 heavy (non-hydrogen) atoms. The number of rotatable bonds is 1. The zero-order valence-corrected chi connectivity index (χ0v) is 16.9. The lowest BCUT2D eigenvalue weighted by Gasteiger charge is -2.46. The Morgan fingerprint density at radius 3 is 2.93 bits per heavy atom. The summed E-state index contributed by atoms with van der Waals surface area (Å²) in [5.41, 5.74) is 5.25. The van der Waals surface area contributed by atoms with Gasteiger partial charge in [0.1, 0.15) is 17.0 Å². The lowest BCUT2D eigenvalue weighted by atomic mass is 9.75. The largest absolute Gasteiger partial charge is 0.444 e. The number of amidine groups is 1. The predicted molar refractivity (Wildman–Crippen MR) is 105 cm³/mol. The van der Waals surface area contributed by atoms with Crippen LogP contribution in [0.3, 0.4) is 0 Å². The number of hydrogen-bond donors (Lipinski definition) is 2. The summed E-state index contributed by atoms with van der Waals surface area (Å²) in [6.07, 6.45) is 0.244. The van der Waals surface area contributed by atoms with E-state index in [0.717, 1.165) is 6.42 Å². The summed E-state index contributed by atoms with van der Waals surface area (Å²) in [4.78, 5) is 16.9. The molecule has 0 radical (unpaired) electrons. The number of benzene rings is 1. The second kappa shape index (κ2) is 7.31. The van der Waals surface area contributed by atoms with Crippen molar-refractivity contribution >= 4 is 28.7 Å². The molecule has 1 fully saturated rings. The van der Waals surface area contributed by atoms with E-state index in [2.05, 4.69) is 5.32 Å². The number of nitrogen functional groups attached to an aromatic ring is 1. The number of carbonyl (C=O) groups is 1. The fourth-order valence-electron chi connectivity index (χ4n) is 3.46. The minimum absolute atomic E-state index is 0.0726. The summed E-state index contributed by atoms with van der Waals surface area (Å²) in [5.74, 6) is 0.391. The molecule has 3 atom stereocenters. The van der Waals surface area contributed by atoms with Crippen molar-refractivity contribution in [1.29, 1.82) is 0 Å². The molecule has 0 bridgehead atoms. The van der Waals surface area contributed by atoms with E-state index in [9.17, 15) is 9.18 Å². The maximum Gasteiger partial charge on any atom is 0.413 e. The molecular formula is C19H26FN3O3S. The van der Waals surface area contributed by atoms with Gasteiger partial charge in [0.05, 0.1) is 12.7 Å². The van der Waals surface area contributed by atoms with Gasteiger partial charge in [0.15, 0.2) is 5.17 Å². The van der Waals surface area contributed by atoms with Gasteiger partial charge >= 0.3 is 6.09 Å². The SMILES string of the molecule is C[C@H]1C[C@H]2CSC(NC(=O)OC(C)(C)C)=N[C@@]2(c2cc(N)ccc2F)CO1. The topological polar surface area (TPSA) is 85.9 Å². The second-order valence-electron chi connectivity index (χ2n) is 8.07. The Morgan fingerprint density at radius 2 is 2.22 bits per heavy atom. The number of ether oxygens (including phenoxy) is 2. The van der Waals surface area contributed by atoms with E-state index in [0.29, 0.717) is 22.2 Å². The average molecular weight is 396 g/mol. The van der Waals surface area contributed by atoms with Crippen LogP contribution in [0.1, 0.15) is 39.7 Å². The number of aliphatic imine (C=N–C) groups is 1. The maximum atomic E-state index is 14.7. The number of nitrogens with one attached hydrogen (secondary N) is 1. The number of nitrogens with two attached hydrogens (primary N) is 1. The van der Waals surface area contributed by atoms with Crippen molar-refractivity contribution in [3.63, 3.8) is 0 Å². The smallest absolute Gasteiger partial charge is 0.413 e. The van der Waals surface area contributed by atoms with Crippen LogP contribution in [-0.4, -0.2) is 35.3 Å². The van der Waals surface area contributed by atoms with E-state index in [1.807, 2.05) is 6.92 Å². The first-order valence-electron chi connectivity index (χ1n) is 8.99. The molecule has 0 spiro atoms. The molecule has 1 aromatic carbocycles. The molecule has 6 nitrogen and oxygen atoms in total. The fourth-order valence-corrected chi connectivity index (χ4v) is 4.61.